The maximum Gasteiger partial charge on any atom is 0.331 e. The number of nitrogens with zero attached hydrogens (tertiary/aromatic N) is 5. The monoisotopic (exact) mass is 265 g/mol. The Morgan fingerprint density at radius 2 is 2.26 bits per heavy atom. The molecule has 10 heteroatoms. The van der Waals surface area contributed by atoms with E-state index in [9.17, 15) is 14.4 Å². The zero-order chi connectivity index (χ0) is 13.8. The minimum absolute atomic E-state index is 0.107. The lowest BCUT2D eigenvalue weighted by Gasteiger charge is -2.06. The van der Waals surface area contributed by atoms with Crippen LogP contribution in [0.1, 0.15) is 5.82 Å². The van der Waals surface area contributed by atoms with Crippen LogP contribution in [-0.2, 0) is 24.9 Å². The average Bonchev–Trinajstić information content (AvgIpc) is 2.90. The van der Waals surface area contributed by atoms with E-state index in [2.05, 4.69) is 25.9 Å². The second-order valence-electron chi connectivity index (χ2n) is 3.73. The van der Waals surface area contributed by atoms with E-state index in [-0.39, 0.29) is 13.1 Å². The summed E-state index contributed by atoms with van der Waals surface area (Å²) in [4.78, 5) is 34.5. The summed E-state index contributed by atoms with van der Waals surface area (Å²) in [5, 5.41) is 15.4. The number of H-pyrrole nitrogens is 1. The highest BCUT2D eigenvalue weighted by Gasteiger charge is 2.07. The number of aromatic nitrogens is 6. The highest BCUT2D eigenvalue weighted by Crippen LogP contribution is 1.84. The molecule has 2 rings (SSSR count). The van der Waals surface area contributed by atoms with Crippen molar-refractivity contribution in [2.75, 3.05) is 0 Å². The quantitative estimate of drug-likeness (QED) is 0.622. The number of hydrogen-bond acceptors (Lipinski definition) is 6. The highest BCUT2D eigenvalue weighted by molar-refractivity contribution is 5.75. The lowest BCUT2D eigenvalue weighted by atomic mass is 10.5. The molecule has 100 valence electrons. The predicted octanol–water partition coefficient (Wildman–Crippen LogP) is -2.62. The molecule has 1 amide bonds. The first-order chi connectivity index (χ1) is 9.08. The molecule has 0 aromatic carbocycles. The van der Waals surface area contributed by atoms with Gasteiger partial charge >= 0.3 is 5.69 Å². The van der Waals surface area contributed by atoms with Crippen LogP contribution in [0.3, 0.4) is 0 Å². The minimum Gasteiger partial charge on any atom is -0.347 e. The number of amides is 1. The average molecular weight is 265 g/mol. The van der Waals surface area contributed by atoms with Gasteiger partial charge in [-0.05, 0) is 0 Å². The summed E-state index contributed by atoms with van der Waals surface area (Å²) in [5.74, 6) is -0.0632. The molecule has 2 aromatic heterocycles. The zero-order valence-electron chi connectivity index (χ0n) is 10.0. The molecule has 0 atom stereocenters. The van der Waals surface area contributed by atoms with Crippen LogP contribution in [0.15, 0.2) is 21.9 Å². The van der Waals surface area contributed by atoms with Gasteiger partial charge in [-0.25, -0.2) is 4.79 Å². The fourth-order valence-corrected chi connectivity index (χ4v) is 1.38. The Balaban J connectivity index is 2.01. The van der Waals surface area contributed by atoms with E-state index in [0.717, 1.165) is 9.13 Å². The molecule has 19 heavy (non-hydrogen) atoms. The summed E-state index contributed by atoms with van der Waals surface area (Å²) in [6.45, 7) is -0.0827. The number of nitrogens with one attached hydrogen (secondary N) is 2. The van der Waals surface area contributed by atoms with E-state index >= 15 is 0 Å². The maximum atomic E-state index is 11.7. The van der Waals surface area contributed by atoms with Gasteiger partial charge in [0.2, 0.25) is 5.91 Å². The molecule has 2 heterocycles. The van der Waals surface area contributed by atoms with Crippen LogP contribution >= 0.6 is 0 Å². The van der Waals surface area contributed by atoms with Crippen LogP contribution in [0.4, 0.5) is 0 Å². The lowest BCUT2D eigenvalue weighted by molar-refractivity contribution is -0.121. The third-order valence-corrected chi connectivity index (χ3v) is 2.41. The first kappa shape index (κ1) is 12.7. The molecule has 0 aliphatic rings. The zero-order valence-corrected chi connectivity index (χ0v) is 10.0. The number of aromatic amines is 1. The Labute approximate surface area is 106 Å². The van der Waals surface area contributed by atoms with Gasteiger partial charge in [0.15, 0.2) is 5.82 Å². The SMILES string of the molecule is Cn1c(=O)ccn(CC(=O)NCc2nn[nH]n2)c1=O. The predicted molar refractivity (Wildman–Crippen MR) is 62.0 cm³/mol. The molecular weight excluding hydrogens is 254 g/mol. The van der Waals surface area contributed by atoms with Crippen LogP contribution in [0.25, 0.3) is 0 Å². The van der Waals surface area contributed by atoms with Crippen molar-refractivity contribution in [1.82, 2.24) is 35.1 Å². The van der Waals surface area contributed by atoms with Crippen molar-refractivity contribution in [3.63, 3.8) is 0 Å². The van der Waals surface area contributed by atoms with Gasteiger partial charge < -0.3 is 5.32 Å². The number of rotatable bonds is 4. The number of carbonyl (C=O) groups excluding carboxylic acids is 1. The Morgan fingerprint density at radius 3 is 2.95 bits per heavy atom. The second-order valence-corrected chi connectivity index (χ2v) is 3.73. The summed E-state index contributed by atoms with van der Waals surface area (Å²) in [6.07, 6.45) is 1.28. The van der Waals surface area contributed by atoms with Gasteiger partial charge in [0, 0.05) is 19.3 Å². The van der Waals surface area contributed by atoms with Crippen LogP contribution in [0.5, 0.6) is 0 Å². The second kappa shape index (κ2) is 5.25. The Kier molecular flexibility index (Phi) is 3.50. The van der Waals surface area contributed by atoms with Crippen molar-refractivity contribution in [2.45, 2.75) is 13.1 Å². The van der Waals surface area contributed by atoms with Crippen molar-refractivity contribution in [3.8, 4) is 0 Å². The Bertz CT molecular complexity index is 685. The lowest BCUT2D eigenvalue weighted by Crippen LogP contribution is -2.40. The van der Waals surface area contributed by atoms with E-state index < -0.39 is 17.2 Å². The van der Waals surface area contributed by atoms with E-state index in [1.54, 1.807) is 0 Å². The normalized spacial score (nSPS) is 10.4. The van der Waals surface area contributed by atoms with Gasteiger partial charge in [0.25, 0.3) is 5.56 Å². The highest BCUT2D eigenvalue weighted by atomic mass is 16.2. The maximum absolute atomic E-state index is 11.7. The number of hydrogen-bond donors (Lipinski definition) is 2. The van der Waals surface area contributed by atoms with Crippen LogP contribution in [-0.4, -0.2) is 35.7 Å². The molecule has 0 fully saturated rings. The molecule has 0 bridgehead atoms. The molecule has 10 nitrogen and oxygen atoms in total. The molecule has 2 aromatic rings. The van der Waals surface area contributed by atoms with Crippen LogP contribution in [0.2, 0.25) is 0 Å². The van der Waals surface area contributed by atoms with Crippen LogP contribution < -0.4 is 16.6 Å². The summed E-state index contributed by atoms with van der Waals surface area (Å²) in [5.41, 5.74) is -0.976. The molecule has 0 saturated heterocycles. The van der Waals surface area contributed by atoms with Gasteiger partial charge in [-0.3, -0.25) is 18.7 Å². The topological polar surface area (TPSA) is 128 Å². The van der Waals surface area contributed by atoms with E-state index in [4.69, 9.17) is 0 Å². The van der Waals surface area contributed by atoms with E-state index in [0.29, 0.717) is 5.82 Å². The van der Waals surface area contributed by atoms with Gasteiger partial charge in [-0.15, -0.1) is 10.2 Å². The molecule has 0 aliphatic carbocycles. The van der Waals surface area contributed by atoms with Gasteiger partial charge in [0.05, 0.1) is 6.54 Å². The van der Waals surface area contributed by atoms with Gasteiger partial charge in [0.1, 0.15) is 6.54 Å². The van der Waals surface area contributed by atoms with Gasteiger partial charge in [-0.2, -0.15) is 5.21 Å². The standard InChI is InChI=1S/C9H11N7O3/c1-15-8(18)2-3-16(9(15)19)5-7(17)10-4-6-11-13-14-12-6/h2-3H,4-5H2,1H3,(H,10,17)(H,11,12,13,14). The third-order valence-electron chi connectivity index (χ3n) is 2.41. The summed E-state index contributed by atoms with van der Waals surface area (Å²) < 4.78 is 2.05. The largest absolute Gasteiger partial charge is 0.347 e. The first-order valence-electron chi connectivity index (χ1n) is 5.33. The first-order valence-corrected chi connectivity index (χ1v) is 5.33. The number of tetrazole rings is 1. The summed E-state index contributed by atoms with van der Waals surface area (Å²) >= 11 is 0. The van der Waals surface area contributed by atoms with E-state index in [1.165, 1.54) is 19.3 Å². The van der Waals surface area contributed by atoms with Crippen molar-refractivity contribution in [2.24, 2.45) is 7.05 Å². The molecule has 0 radical (unpaired) electrons. The summed E-state index contributed by atoms with van der Waals surface area (Å²) in [6, 6.07) is 1.22. The van der Waals surface area contributed by atoms with Gasteiger partial charge in [-0.1, -0.05) is 5.21 Å². The molecule has 0 unspecified atom stereocenters. The summed E-state index contributed by atoms with van der Waals surface area (Å²) in [7, 11) is 1.35. The Morgan fingerprint density at radius 1 is 1.47 bits per heavy atom. The van der Waals surface area contributed by atoms with Crippen LogP contribution in [0, 0.1) is 0 Å². The smallest absolute Gasteiger partial charge is 0.331 e. The minimum atomic E-state index is -0.554. The van der Waals surface area contributed by atoms with Crippen molar-refractivity contribution in [1.29, 1.82) is 0 Å². The number of carbonyl (C=O) groups is 1. The van der Waals surface area contributed by atoms with E-state index in [1.807, 2.05) is 0 Å². The molecular formula is C9H11N7O3. The fourth-order valence-electron chi connectivity index (χ4n) is 1.38. The van der Waals surface area contributed by atoms with Crippen molar-refractivity contribution < 1.29 is 4.79 Å². The fraction of sp³-hybridized carbons (Fsp3) is 0.333. The van der Waals surface area contributed by atoms with Crippen molar-refractivity contribution in [3.05, 3.63) is 38.9 Å². The molecule has 0 spiro atoms. The molecule has 2 N–H and O–H groups in total. The molecule has 0 saturated carbocycles. The molecule has 0 aliphatic heterocycles. The van der Waals surface area contributed by atoms with Crippen molar-refractivity contribution >= 4 is 5.91 Å². The third kappa shape index (κ3) is 2.91. The Hall–Kier alpha value is -2.78.